The molecular weight excluding hydrogens is 264 g/mol. The van der Waals surface area contributed by atoms with Gasteiger partial charge in [0.05, 0.1) is 23.4 Å². The molecule has 0 fully saturated rings. The summed E-state index contributed by atoms with van der Waals surface area (Å²) < 4.78 is 5.27. The topological polar surface area (TPSA) is 98.0 Å². The molecule has 1 heterocycles. The van der Waals surface area contributed by atoms with Crippen molar-refractivity contribution < 1.29 is 4.74 Å². The van der Waals surface area contributed by atoms with Crippen LogP contribution in [0, 0.1) is 11.3 Å². The number of nitriles is 1. The summed E-state index contributed by atoms with van der Waals surface area (Å²) in [5, 5.41) is 9.45. The van der Waals surface area contributed by atoms with Crippen LogP contribution in [-0.4, -0.2) is 12.1 Å². The quantitative estimate of drug-likeness (QED) is 0.820. The molecule has 19 heavy (non-hydrogen) atoms. The number of hydrogen-bond acceptors (Lipinski definition) is 5. The number of nitrogens with zero attached hydrogens (tertiary/aromatic N) is 2. The molecule has 0 aliphatic rings. The van der Waals surface area contributed by atoms with Crippen molar-refractivity contribution in [2.45, 2.75) is 0 Å². The van der Waals surface area contributed by atoms with Gasteiger partial charge in [-0.15, -0.1) is 0 Å². The lowest BCUT2D eigenvalue weighted by Gasteiger charge is -2.12. The molecule has 0 saturated heterocycles. The minimum absolute atomic E-state index is 0.330. The molecule has 0 radical (unpaired) electrons. The van der Waals surface area contributed by atoms with E-state index in [-0.39, 0.29) is 0 Å². The van der Waals surface area contributed by atoms with Crippen LogP contribution in [0.15, 0.2) is 24.4 Å². The summed E-state index contributed by atoms with van der Waals surface area (Å²) >= 11 is 6.11. The monoisotopic (exact) mass is 274 g/mol. The number of methoxy groups -OCH3 is 1. The third-order valence-corrected chi connectivity index (χ3v) is 2.96. The lowest BCUT2D eigenvalue weighted by Crippen LogP contribution is -1.97. The second-order valence-electron chi connectivity index (χ2n) is 3.84. The summed E-state index contributed by atoms with van der Waals surface area (Å²) in [6, 6.07) is 6.85. The maximum Gasteiger partial charge on any atom is 0.128 e. The number of benzene rings is 1. The Labute approximate surface area is 115 Å². The van der Waals surface area contributed by atoms with E-state index in [1.165, 1.54) is 13.3 Å². The molecule has 4 N–H and O–H groups in total. The Morgan fingerprint density at radius 3 is 2.63 bits per heavy atom. The zero-order valence-electron chi connectivity index (χ0n) is 10.1. The number of aromatic nitrogens is 1. The number of rotatable bonds is 2. The summed E-state index contributed by atoms with van der Waals surface area (Å²) in [6.45, 7) is 0. The average molecular weight is 275 g/mol. The first-order valence-corrected chi connectivity index (χ1v) is 5.73. The van der Waals surface area contributed by atoms with Crippen molar-refractivity contribution >= 4 is 23.1 Å². The SMILES string of the molecule is COc1cc(N)c(C#N)cc1-c1cc(N)ncc1Cl. The standard InChI is InChI=1S/C13H11ClN4O/c1-19-12-4-11(16)7(5-15)2-9(12)8-3-13(17)18-6-10(8)14/h2-4,6H,16H2,1H3,(H2,17,18). The van der Waals surface area contributed by atoms with Crippen molar-refractivity contribution in [2.75, 3.05) is 18.6 Å². The Morgan fingerprint density at radius 2 is 2.00 bits per heavy atom. The number of ether oxygens (including phenoxy) is 1. The summed E-state index contributed by atoms with van der Waals surface area (Å²) in [5.74, 6) is 0.848. The van der Waals surface area contributed by atoms with Crippen molar-refractivity contribution in [3.63, 3.8) is 0 Å². The van der Waals surface area contributed by atoms with Gasteiger partial charge in [0.15, 0.2) is 0 Å². The molecule has 1 aromatic heterocycles. The maximum absolute atomic E-state index is 9.04. The van der Waals surface area contributed by atoms with Gasteiger partial charge in [-0.25, -0.2) is 4.98 Å². The van der Waals surface area contributed by atoms with Crippen LogP contribution in [-0.2, 0) is 0 Å². The average Bonchev–Trinajstić information content (AvgIpc) is 2.41. The Kier molecular flexibility index (Phi) is 3.45. The minimum atomic E-state index is 0.330. The van der Waals surface area contributed by atoms with E-state index in [0.29, 0.717) is 39.0 Å². The number of halogens is 1. The lowest BCUT2D eigenvalue weighted by atomic mass is 10.0. The fraction of sp³-hybridized carbons (Fsp3) is 0.0769. The molecule has 0 bridgehead atoms. The third-order valence-electron chi connectivity index (χ3n) is 2.66. The van der Waals surface area contributed by atoms with Crippen molar-refractivity contribution in [3.05, 3.63) is 35.0 Å². The molecule has 0 amide bonds. The first kappa shape index (κ1) is 13.0. The van der Waals surface area contributed by atoms with E-state index in [9.17, 15) is 0 Å². The predicted octanol–water partition coefficient (Wildman–Crippen LogP) is 2.45. The van der Waals surface area contributed by atoms with Crippen LogP contribution >= 0.6 is 11.6 Å². The Hall–Kier alpha value is -2.45. The van der Waals surface area contributed by atoms with Crippen LogP contribution < -0.4 is 16.2 Å². The summed E-state index contributed by atoms with van der Waals surface area (Å²) in [5.41, 5.74) is 13.4. The Bertz CT molecular complexity index is 679. The van der Waals surface area contributed by atoms with E-state index < -0.39 is 0 Å². The lowest BCUT2D eigenvalue weighted by molar-refractivity contribution is 0.416. The van der Waals surface area contributed by atoms with E-state index in [0.717, 1.165) is 0 Å². The largest absolute Gasteiger partial charge is 0.496 e. The van der Waals surface area contributed by atoms with Gasteiger partial charge >= 0.3 is 0 Å². The van der Waals surface area contributed by atoms with Crippen molar-refractivity contribution in [1.29, 1.82) is 5.26 Å². The van der Waals surface area contributed by atoms with Gasteiger partial charge in [0.1, 0.15) is 17.6 Å². The van der Waals surface area contributed by atoms with Gasteiger partial charge in [-0.05, 0) is 12.1 Å². The highest BCUT2D eigenvalue weighted by atomic mass is 35.5. The highest BCUT2D eigenvalue weighted by Gasteiger charge is 2.14. The highest BCUT2D eigenvalue weighted by Crippen LogP contribution is 2.37. The number of nitrogen functional groups attached to an aromatic ring is 2. The van der Waals surface area contributed by atoms with Crippen LogP contribution in [0.1, 0.15) is 5.56 Å². The van der Waals surface area contributed by atoms with Crippen LogP contribution in [0.4, 0.5) is 11.5 Å². The Morgan fingerprint density at radius 1 is 1.26 bits per heavy atom. The van der Waals surface area contributed by atoms with E-state index in [2.05, 4.69) is 4.98 Å². The van der Waals surface area contributed by atoms with Gasteiger partial charge in [-0.2, -0.15) is 5.26 Å². The van der Waals surface area contributed by atoms with Gasteiger partial charge in [-0.3, -0.25) is 0 Å². The van der Waals surface area contributed by atoms with E-state index >= 15 is 0 Å². The van der Waals surface area contributed by atoms with Gasteiger partial charge < -0.3 is 16.2 Å². The molecule has 6 heteroatoms. The van der Waals surface area contributed by atoms with Gasteiger partial charge in [0.25, 0.3) is 0 Å². The summed E-state index contributed by atoms with van der Waals surface area (Å²) in [6.07, 6.45) is 1.45. The first-order chi connectivity index (χ1) is 9.06. The van der Waals surface area contributed by atoms with Crippen molar-refractivity contribution in [1.82, 2.24) is 4.98 Å². The molecule has 0 saturated carbocycles. The maximum atomic E-state index is 9.04. The smallest absolute Gasteiger partial charge is 0.128 e. The molecular formula is C13H11ClN4O. The molecule has 5 nitrogen and oxygen atoms in total. The van der Waals surface area contributed by atoms with Gasteiger partial charge in [-0.1, -0.05) is 11.6 Å². The van der Waals surface area contributed by atoms with Gasteiger partial charge in [0.2, 0.25) is 0 Å². The van der Waals surface area contributed by atoms with Crippen LogP contribution in [0.25, 0.3) is 11.1 Å². The molecule has 0 aliphatic carbocycles. The zero-order valence-corrected chi connectivity index (χ0v) is 10.9. The predicted molar refractivity (Wildman–Crippen MR) is 74.8 cm³/mol. The Balaban J connectivity index is 2.74. The molecule has 0 spiro atoms. The van der Waals surface area contributed by atoms with Gasteiger partial charge in [0, 0.05) is 23.4 Å². The number of nitrogens with two attached hydrogens (primary N) is 2. The molecule has 2 rings (SSSR count). The molecule has 0 atom stereocenters. The molecule has 2 aromatic rings. The van der Waals surface area contributed by atoms with E-state index in [1.807, 2.05) is 6.07 Å². The fourth-order valence-corrected chi connectivity index (χ4v) is 1.94. The number of hydrogen-bond donors (Lipinski definition) is 2. The number of pyridine rings is 1. The second-order valence-corrected chi connectivity index (χ2v) is 4.25. The summed E-state index contributed by atoms with van der Waals surface area (Å²) in [7, 11) is 1.52. The fourth-order valence-electron chi connectivity index (χ4n) is 1.73. The minimum Gasteiger partial charge on any atom is -0.496 e. The van der Waals surface area contributed by atoms with E-state index in [4.69, 9.17) is 33.1 Å². The molecule has 1 aromatic carbocycles. The zero-order chi connectivity index (χ0) is 14.0. The van der Waals surface area contributed by atoms with Crippen molar-refractivity contribution in [3.8, 4) is 22.9 Å². The van der Waals surface area contributed by atoms with Crippen LogP contribution in [0.2, 0.25) is 5.02 Å². The highest BCUT2D eigenvalue weighted by molar-refractivity contribution is 6.33. The van der Waals surface area contributed by atoms with Crippen LogP contribution in [0.3, 0.4) is 0 Å². The molecule has 0 unspecified atom stereocenters. The third kappa shape index (κ3) is 2.39. The van der Waals surface area contributed by atoms with E-state index in [1.54, 1.807) is 18.2 Å². The van der Waals surface area contributed by atoms with Crippen LogP contribution in [0.5, 0.6) is 5.75 Å². The second kappa shape index (κ2) is 5.04. The number of anilines is 2. The molecule has 0 aliphatic heterocycles. The normalized spacial score (nSPS) is 9.95. The first-order valence-electron chi connectivity index (χ1n) is 5.35. The summed E-state index contributed by atoms with van der Waals surface area (Å²) in [4.78, 5) is 3.90. The molecule has 96 valence electrons. The van der Waals surface area contributed by atoms with Crippen molar-refractivity contribution in [2.24, 2.45) is 0 Å².